The number of aryl methyl sites for hydroxylation is 1. The monoisotopic (exact) mass is 326 g/mol. The third-order valence-corrected chi connectivity index (χ3v) is 5.65. The summed E-state index contributed by atoms with van der Waals surface area (Å²) in [6, 6.07) is 7.98. The van der Waals surface area contributed by atoms with E-state index in [-0.39, 0.29) is 22.0 Å². The molecule has 1 N–H and O–H groups in total. The summed E-state index contributed by atoms with van der Waals surface area (Å²) < 4.78 is 27.0. The molecule has 2 aromatic rings. The molecule has 1 aromatic carbocycles. The molecule has 0 aliphatic rings. The van der Waals surface area contributed by atoms with E-state index in [1.165, 1.54) is 29.5 Å². The molecule has 104 valence electrons. The quantitative estimate of drug-likeness (QED) is 0.938. The predicted octanol–water partition coefficient (Wildman–Crippen LogP) is 3.06. The van der Waals surface area contributed by atoms with Gasteiger partial charge in [0.1, 0.15) is 4.90 Å². The zero-order valence-electron chi connectivity index (χ0n) is 10.6. The summed E-state index contributed by atoms with van der Waals surface area (Å²) in [4.78, 5) is 0.869. The van der Waals surface area contributed by atoms with E-state index < -0.39 is 10.0 Å². The Labute approximate surface area is 126 Å². The van der Waals surface area contributed by atoms with Crippen molar-refractivity contribution >= 4 is 33.0 Å². The van der Waals surface area contributed by atoms with Crippen LogP contribution in [0.1, 0.15) is 16.0 Å². The molecule has 0 spiro atoms. The Morgan fingerprint density at radius 1 is 1.40 bits per heavy atom. The Morgan fingerprint density at radius 2 is 2.15 bits per heavy atom. The molecule has 2 rings (SSSR count). The first kappa shape index (κ1) is 15.0. The van der Waals surface area contributed by atoms with Crippen molar-refractivity contribution < 1.29 is 8.42 Å². The number of rotatable bonds is 4. The second-order valence-electron chi connectivity index (χ2n) is 4.11. The number of sulfonamides is 1. The number of nitrogens with one attached hydrogen (secondary N) is 1. The number of benzene rings is 1. The van der Waals surface area contributed by atoms with Crippen LogP contribution in [0, 0.1) is 18.3 Å². The minimum atomic E-state index is -3.74. The molecule has 0 radical (unpaired) electrons. The van der Waals surface area contributed by atoms with Crippen LogP contribution in [0.5, 0.6) is 0 Å². The molecule has 4 nitrogen and oxygen atoms in total. The standard InChI is InChI=1S/C13H11ClN2O2S2/c1-9-4-5-19-12(9)8-16-20(17,18)13-6-10(7-15)2-3-11(13)14/h2-6,16H,8H2,1H3. The maximum Gasteiger partial charge on any atom is 0.242 e. The van der Waals surface area contributed by atoms with Gasteiger partial charge >= 0.3 is 0 Å². The molecular formula is C13H11ClN2O2S2. The minimum Gasteiger partial charge on any atom is -0.207 e. The normalized spacial score (nSPS) is 11.2. The van der Waals surface area contributed by atoms with Crippen LogP contribution in [-0.2, 0) is 16.6 Å². The van der Waals surface area contributed by atoms with Crippen LogP contribution < -0.4 is 4.72 Å². The lowest BCUT2D eigenvalue weighted by molar-refractivity contribution is 0.582. The third kappa shape index (κ3) is 3.19. The van der Waals surface area contributed by atoms with E-state index in [0.29, 0.717) is 0 Å². The molecule has 0 aliphatic heterocycles. The van der Waals surface area contributed by atoms with Gasteiger partial charge in [-0.2, -0.15) is 5.26 Å². The molecule has 0 aliphatic carbocycles. The summed E-state index contributed by atoms with van der Waals surface area (Å²) in [5.41, 5.74) is 1.29. The minimum absolute atomic E-state index is 0.0765. The van der Waals surface area contributed by atoms with Crippen LogP contribution in [0.25, 0.3) is 0 Å². The molecule has 0 fully saturated rings. The van der Waals surface area contributed by atoms with Crippen molar-refractivity contribution in [2.45, 2.75) is 18.4 Å². The lowest BCUT2D eigenvalue weighted by Crippen LogP contribution is -2.23. The summed E-state index contributed by atoms with van der Waals surface area (Å²) >= 11 is 7.39. The van der Waals surface area contributed by atoms with Gasteiger partial charge in [-0.25, -0.2) is 13.1 Å². The van der Waals surface area contributed by atoms with Crippen LogP contribution >= 0.6 is 22.9 Å². The summed E-state index contributed by atoms with van der Waals surface area (Å²) in [5.74, 6) is 0. The van der Waals surface area contributed by atoms with Crippen molar-refractivity contribution in [2.24, 2.45) is 0 Å². The third-order valence-electron chi connectivity index (χ3n) is 2.74. The van der Waals surface area contributed by atoms with E-state index in [1.54, 1.807) is 0 Å². The van der Waals surface area contributed by atoms with Crippen molar-refractivity contribution in [1.82, 2.24) is 4.72 Å². The topological polar surface area (TPSA) is 70.0 Å². The highest BCUT2D eigenvalue weighted by Crippen LogP contribution is 2.23. The maximum absolute atomic E-state index is 12.2. The second-order valence-corrected chi connectivity index (χ2v) is 7.25. The Bertz CT molecular complexity index is 776. The van der Waals surface area contributed by atoms with E-state index in [2.05, 4.69) is 4.72 Å². The van der Waals surface area contributed by atoms with Gasteiger partial charge in [-0.3, -0.25) is 0 Å². The maximum atomic E-state index is 12.2. The second kappa shape index (κ2) is 5.94. The molecular weight excluding hydrogens is 316 g/mol. The van der Waals surface area contributed by atoms with Gasteiger partial charge in [-0.1, -0.05) is 11.6 Å². The number of nitrogens with zero attached hydrogens (tertiary/aromatic N) is 1. The average Bonchev–Trinajstić information content (AvgIpc) is 2.82. The van der Waals surface area contributed by atoms with Crippen LogP contribution in [-0.4, -0.2) is 8.42 Å². The molecule has 1 heterocycles. The van der Waals surface area contributed by atoms with E-state index in [9.17, 15) is 8.42 Å². The number of halogens is 1. The lowest BCUT2D eigenvalue weighted by atomic mass is 10.2. The Hall–Kier alpha value is -1.39. The van der Waals surface area contributed by atoms with Crippen molar-refractivity contribution in [1.29, 1.82) is 5.26 Å². The van der Waals surface area contributed by atoms with E-state index >= 15 is 0 Å². The average molecular weight is 327 g/mol. The largest absolute Gasteiger partial charge is 0.242 e. The molecule has 0 saturated heterocycles. The highest BCUT2D eigenvalue weighted by atomic mass is 35.5. The molecule has 0 bridgehead atoms. The fourth-order valence-electron chi connectivity index (χ4n) is 1.60. The van der Waals surface area contributed by atoms with Gasteiger partial charge in [-0.05, 0) is 42.1 Å². The zero-order valence-corrected chi connectivity index (χ0v) is 12.9. The SMILES string of the molecule is Cc1ccsc1CNS(=O)(=O)c1cc(C#N)ccc1Cl. The van der Waals surface area contributed by atoms with Gasteiger partial charge in [0.15, 0.2) is 0 Å². The predicted molar refractivity (Wildman–Crippen MR) is 79.2 cm³/mol. The van der Waals surface area contributed by atoms with Gasteiger partial charge in [0, 0.05) is 11.4 Å². The van der Waals surface area contributed by atoms with E-state index in [4.69, 9.17) is 16.9 Å². The molecule has 0 amide bonds. The highest BCUT2D eigenvalue weighted by Gasteiger charge is 2.18. The Balaban J connectivity index is 2.27. The van der Waals surface area contributed by atoms with Gasteiger partial charge in [0.2, 0.25) is 10.0 Å². The summed E-state index contributed by atoms with van der Waals surface area (Å²) in [5, 5.41) is 10.8. The summed E-state index contributed by atoms with van der Waals surface area (Å²) in [6.07, 6.45) is 0. The molecule has 7 heteroatoms. The summed E-state index contributed by atoms with van der Waals surface area (Å²) in [7, 11) is -3.74. The first-order valence-electron chi connectivity index (χ1n) is 5.66. The van der Waals surface area contributed by atoms with Crippen LogP contribution in [0.3, 0.4) is 0 Å². The molecule has 1 aromatic heterocycles. The zero-order chi connectivity index (χ0) is 14.8. The van der Waals surface area contributed by atoms with Crippen molar-refractivity contribution in [2.75, 3.05) is 0 Å². The number of thiophene rings is 1. The van der Waals surface area contributed by atoms with Crippen LogP contribution in [0.2, 0.25) is 5.02 Å². The number of nitriles is 1. The Morgan fingerprint density at radius 3 is 2.75 bits per heavy atom. The van der Waals surface area contributed by atoms with Gasteiger partial charge in [-0.15, -0.1) is 11.3 Å². The van der Waals surface area contributed by atoms with Gasteiger partial charge in [0.05, 0.1) is 16.7 Å². The molecule has 0 unspecified atom stereocenters. The first-order chi connectivity index (χ1) is 9.44. The molecule has 0 saturated carbocycles. The summed E-state index contributed by atoms with van der Waals surface area (Å²) in [6.45, 7) is 2.13. The smallest absolute Gasteiger partial charge is 0.207 e. The lowest BCUT2D eigenvalue weighted by Gasteiger charge is -2.08. The fourth-order valence-corrected chi connectivity index (χ4v) is 4.06. The van der Waals surface area contributed by atoms with Crippen LogP contribution in [0.4, 0.5) is 0 Å². The number of hydrogen-bond donors (Lipinski definition) is 1. The van der Waals surface area contributed by atoms with Gasteiger partial charge < -0.3 is 0 Å². The van der Waals surface area contributed by atoms with Crippen molar-refractivity contribution in [3.63, 3.8) is 0 Å². The molecule has 0 atom stereocenters. The van der Waals surface area contributed by atoms with E-state index in [1.807, 2.05) is 24.4 Å². The van der Waals surface area contributed by atoms with E-state index in [0.717, 1.165) is 10.4 Å². The van der Waals surface area contributed by atoms with Crippen LogP contribution in [0.15, 0.2) is 34.5 Å². The first-order valence-corrected chi connectivity index (χ1v) is 8.40. The molecule has 20 heavy (non-hydrogen) atoms. The number of hydrogen-bond acceptors (Lipinski definition) is 4. The fraction of sp³-hybridized carbons (Fsp3) is 0.154. The van der Waals surface area contributed by atoms with Crippen molar-refractivity contribution in [3.8, 4) is 6.07 Å². The highest BCUT2D eigenvalue weighted by molar-refractivity contribution is 7.89. The van der Waals surface area contributed by atoms with Crippen molar-refractivity contribution in [3.05, 3.63) is 50.7 Å². The Kier molecular flexibility index (Phi) is 4.45. The van der Waals surface area contributed by atoms with Gasteiger partial charge in [0.25, 0.3) is 0 Å².